The minimum atomic E-state index is -1.00. The number of hydrogen-bond donors (Lipinski definition) is 1. The average molecular weight is 380 g/mol. The van der Waals surface area contributed by atoms with Crippen LogP contribution in [0.3, 0.4) is 0 Å². The Morgan fingerprint density at radius 1 is 1.18 bits per heavy atom. The molecule has 28 heavy (non-hydrogen) atoms. The predicted octanol–water partition coefficient (Wildman–Crippen LogP) is 4.59. The average Bonchev–Trinajstić information content (AvgIpc) is 2.68. The zero-order valence-corrected chi connectivity index (χ0v) is 15.2. The van der Waals surface area contributed by atoms with Crippen LogP contribution in [0.15, 0.2) is 42.5 Å². The maximum absolute atomic E-state index is 13.6. The van der Waals surface area contributed by atoms with Gasteiger partial charge in [0.15, 0.2) is 11.6 Å². The maximum Gasteiger partial charge on any atom is 0.336 e. The smallest absolute Gasteiger partial charge is 0.336 e. The normalized spacial score (nSPS) is 15.8. The van der Waals surface area contributed by atoms with Gasteiger partial charge in [0.1, 0.15) is 0 Å². The Balaban J connectivity index is 1.97. The van der Waals surface area contributed by atoms with Crippen molar-refractivity contribution in [2.45, 2.75) is 13.5 Å². The number of rotatable bonds is 3. The molecule has 2 heterocycles. The molecule has 0 aliphatic carbocycles. The predicted molar refractivity (Wildman–Crippen MR) is 104 cm³/mol. The monoisotopic (exact) mass is 380 g/mol. The van der Waals surface area contributed by atoms with Gasteiger partial charge < -0.3 is 5.11 Å². The lowest BCUT2D eigenvalue weighted by atomic mass is 9.92. The van der Waals surface area contributed by atoms with E-state index >= 15 is 0 Å². The molecule has 0 saturated carbocycles. The maximum atomic E-state index is 13.6. The molecule has 4 rings (SSSR count). The summed E-state index contributed by atoms with van der Waals surface area (Å²) in [5.41, 5.74) is 3.38. The summed E-state index contributed by atoms with van der Waals surface area (Å²) in [6.45, 7) is 3.74. The van der Waals surface area contributed by atoms with Gasteiger partial charge in [-0.2, -0.15) is 0 Å². The number of likely N-dealkylation sites (N-methyl/N-ethyl adjacent to an activating group) is 1. The highest BCUT2D eigenvalue weighted by atomic mass is 19.2. The number of fused-ring (bicyclic) bond motifs is 2. The van der Waals surface area contributed by atoms with Crippen molar-refractivity contribution in [1.29, 1.82) is 0 Å². The van der Waals surface area contributed by atoms with Crippen LogP contribution in [0.2, 0.25) is 0 Å². The number of benzene rings is 2. The molecule has 0 fully saturated rings. The molecule has 2 aromatic carbocycles. The van der Waals surface area contributed by atoms with Crippen molar-refractivity contribution in [3.05, 3.63) is 76.5 Å². The number of pyridine rings is 1. The molecule has 1 aliphatic rings. The van der Waals surface area contributed by atoms with Crippen LogP contribution in [0.25, 0.3) is 22.6 Å². The summed E-state index contributed by atoms with van der Waals surface area (Å²) < 4.78 is 26.9. The van der Waals surface area contributed by atoms with Crippen molar-refractivity contribution in [2.24, 2.45) is 0 Å². The highest BCUT2D eigenvalue weighted by Crippen LogP contribution is 2.34. The zero-order chi connectivity index (χ0) is 19.8. The fourth-order valence-corrected chi connectivity index (χ4v) is 3.65. The summed E-state index contributed by atoms with van der Waals surface area (Å²) in [5.74, 6) is -2.82. The first-order chi connectivity index (χ1) is 13.5. The Bertz CT molecular complexity index is 1120. The van der Waals surface area contributed by atoms with Gasteiger partial charge in [0.25, 0.3) is 0 Å². The highest BCUT2D eigenvalue weighted by molar-refractivity contribution is 6.06. The van der Waals surface area contributed by atoms with Crippen LogP contribution in [-0.2, 0) is 6.54 Å². The number of hydrogen-bond acceptors (Lipinski definition) is 3. The van der Waals surface area contributed by atoms with Gasteiger partial charge in [-0.1, -0.05) is 31.2 Å². The zero-order valence-electron chi connectivity index (χ0n) is 15.2. The van der Waals surface area contributed by atoms with Crippen LogP contribution < -0.4 is 0 Å². The van der Waals surface area contributed by atoms with E-state index in [0.717, 1.165) is 24.3 Å². The van der Waals surface area contributed by atoms with E-state index in [9.17, 15) is 18.7 Å². The van der Waals surface area contributed by atoms with Gasteiger partial charge in [0, 0.05) is 24.0 Å². The van der Waals surface area contributed by atoms with E-state index in [1.807, 2.05) is 13.0 Å². The van der Waals surface area contributed by atoms with Gasteiger partial charge in [0.05, 0.1) is 16.8 Å². The van der Waals surface area contributed by atoms with Gasteiger partial charge in [-0.15, -0.1) is 0 Å². The fourth-order valence-electron chi connectivity index (χ4n) is 3.65. The van der Waals surface area contributed by atoms with E-state index in [4.69, 9.17) is 4.98 Å². The fraction of sp³-hybridized carbons (Fsp3) is 0.182. The molecule has 142 valence electrons. The van der Waals surface area contributed by atoms with E-state index in [-0.39, 0.29) is 5.56 Å². The van der Waals surface area contributed by atoms with Crippen LogP contribution in [0.4, 0.5) is 8.78 Å². The van der Waals surface area contributed by atoms with Gasteiger partial charge in [-0.3, -0.25) is 4.90 Å². The van der Waals surface area contributed by atoms with E-state index < -0.39 is 17.6 Å². The molecule has 0 saturated heterocycles. The van der Waals surface area contributed by atoms with Gasteiger partial charge in [0.2, 0.25) is 0 Å². The summed E-state index contributed by atoms with van der Waals surface area (Å²) in [6.07, 6.45) is 1.75. The molecule has 0 unspecified atom stereocenters. The Morgan fingerprint density at radius 2 is 1.96 bits per heavy atom. The van der Waals surface area contributed by atoms with E-state index in [1.54, 1.807) is 24.3 Å². The summed E-state index contributed by atoms with van der Waals surface area (Å²) >= 11 is 0. The van der Waals surface area contributed by atoms with Crippen LogP contribution in [0.1, 0.15) is 34.1 Å². The molecule has 4 nitrogen and oxygen atoms in total. The first kappa shape index (κ1) is 18.3. The quantitative estimate of drug-likeness (QED) is 0.722. The third-order valence-electron chi connectivity index (χ3n) is 5.02. The van der Waals surface area contributed by atoms with Crippen molar-refractivity contribution in [2.75, 3.05) is 13.1 Å². The minimum Gasteiger partial charge on any atom is -0.478 e. The van der Waals surface area contributed by atoms with Crippen molar-refractivity contribution >= 4 is 28.5 Å². The third kappa shape index (κ3) is 3.16. The summed E-state index contributed by atoms with van der Waals surface area (Å²) in [5, 5.41) is 10.5. The number of aromatic nitrogens is 1. The van der Waals surface area contributed by atoms with Crippen molar-refractivity contribution in [3.63, 3.8) is 0 Å². The lowest BCUT2D eigenvalue weighted by Gasteiger charge is -2.30. The van der Waals surface area contributed by atoms with Crippen molar-refractivity contribution < 1.29 is 18.7 Å². The molecular formula is C22H18F2N2O2. The second kappa shape index (κ2) is 7.13. The number of carboxylic acid groups (broad SMARTS) is 1. The molecular weight excluding hydrogens is 362 g/mol. The molecule has 0 radical (unpaired) electrons. The molecule has 6 heteroatoms. The van der Waals surface area contributed by atoms with Crippen LogP contribution in [0.5, 0.6) is 0 Å². The lowest BCUT2D eigenvalue weighted by Crippen LogP contribution is -2.31. The van der Waals surface area contributed by atoms with Crippen molar-refractivity contribution in [3.8, 4) is 0 Å². The molecule has 1 aromatic heterocycles. The Labute approximate surface area is 160 Å². The van der Waals surface area contributed by atoms with Gasteiger partial charge in [-0.05, 0) is 42.0 Å². The molecule has 1 N–H and O–H groups in total. The lowest BCUT2D eigenvalue weighted by molar-refractivity contribution is 0.0696. The largest absolute Gasteiger partial charge is 0.478 e. The van der Waals surface area contributed by atoms with Crippen LogP contribution >= 0.6 is 0 Å². The number of carbonyl (C=O) groups is 1. The summed E-state index contributed by atoms with van der Waals surface area (Å²) in [7, 11) is 0. The second-order valence-electron chi connectivity index (χ2n) is 6.78. The Kier molecular flexibility index (Phi) is 4.65. The van der Waals surface area contributed by atoms with E-state index in [2.05, 4.69) is 4.90 Å². The Morgan fingerprint density at radius 3 is 2.68 bits per heavy atom. The van der Waals surface area contributed by atoms with Crippen LogP contribution in [0, 0.1) is 11.6 Å². The summed E-state index contributed by atoms with van der Waals surface area (Å²) in [6, 6.07) is 10.9. The number of para-hydroxylation sites is 1. The number of aromatic carboxylic acids is 1. The minimum absolute atomic E-state index is 0.245. The van der Waals surface area contributed by atoms with E-state index in [0.29, 0.717) is 40.8 Å². The summed E-state index contributed by atoms with van der Waals surface area (Å²) in [4.78, 5) is 18.9. The molecule has 3 aromatic rings. The molecule has 0 spiro atoms. The standard InChI is InChI=1S/C22H18F2N2O2/c1-2-26-11-14(9-13-7-8-17(23)18(24)10-13)21-16(12-26)20(22(27)28)15-5-3-4-6-19(15)25-21/h3-10H,2,11-12H2,1H3,(H,27,28)/b14-9-. The number of nitrogens with zero attached hydrogens (tertiary/aromatic N) is 2. The highest BCUT2D eigenvalue weighted by Gasteiger charge is 2.27. The van der Waals surface area contributed by atoms with Crippen LogP contribution in [-0.4, -0.2) is 34.0 Å². The number of carboxylic acids is 1. The van der Waals surface area contributed by atoms with E-state index in [1.165, 1.54) is 6.07 Å². The first-order valence-electron chi connectivity index (χ1n) is 9.01. The molecule has 0 atom stereocenters. The third-order valence-corrected chi connectivity index (χ3v) is 5.02. The SMILES string of the molecule is CCN1C/C(=C/c2ccc(F)c(F)c2)c2nc3ccccc3c(C(=O)O)c2C1. The molecule has 0 amide bonds. The van der Waals surface area contributed by atoms with Gasteiger partial charge in [-0.25, -0.2) is 18.6 Å². The Hall–Kier alpha value is -3.12. The number of halogens is 2. The van der Waals surface area contributed by atoms with Gasteiger partial charge >= 0.3 is 5.97 Å². The topological polar surface area (TPSA) is 53.4 Å². The molecule has 1 aliphatic heterocycles. The first-order valence-corrected chi connectivity index (χ1v) is 9.01. The second-order valence-corrected chi connectivity index (χ2v) is 6.78. The van der Waals surface area contributed by atoms with Crippen molar-refractivity contribution in [1.82, 2.24) is 9.88 Å². The molecule has 0 bridgehead atoms.